The van der Waals surface area contributed by atoms with E-state index >= 15 is 0 Å². The number of carbonyl (C=O) groups excluding carboxylic acids is 1. The van der Waals surface area contributed by atoms with Gasteiger partial charge in [0, 0.05) is 47.1 Å². The molecular formula is C13H18N2O4S2. The van der Waals surface area contributed by atoms with E-state index in [9.17, 15) is 17.4 Å². The Bertz CT molecular complexity index is 641. The maximum Gasteiger partial charge on any atom is 0.251 e. The Morgan fingerprint density at radius 1 is 1.33 bits per heavy atom. The van der Waals surface area contributed by atoms with Gasteiger partial charge in [-0.1, -0.05) is 0 Å². The van der Waals surface area contributed by atoms with Crippen molar-refractivity contribution in [2.75, 3.05) is 31.6 Å². The Hall–Kier alpha value is -1.25. The number of amides is 1. The van der Waals surface area contributed by atoms with E-state index in [2.05, 4.69) is 5.32 Å². The first-order chi connectivity index (χ1) is 9.90. The summed E-state index contributed by atoms with van der Waals surface area (Å²) in [7, 11) is -4.19. The quantitative estimate of drug-likeness (QED) is 0.835. The van der Waals surface area contributed by atoms with Crippen molar-refractivity contribution >= 4 is 26.7 Å². The number of nitrogens with one attached hydrogen (secondary N) is 1. The molecule has 0 aliphatic carbocycles. The van der Waals surface area contributed by atoms with Crippen molar-refractivity contribution in [2.45, 2.75) is 11.3 Å². The van der Waals surface area contributed by atoms with Crippen LogP contribution in [0, 0.1) is 0 Å². The first-order valence-corrected chi connectivity index (χ1v) is 9.76. The Morgan fingerprint density at radius 3 is 2.52 bits per heavy atom. The summed E-state index contributed by atoms with van der Waals surface area (Å²) in [6.45, 7) is 1.10. The van der Waals surface area contributed by atoms with Gasteiger partial charge in [0.2, 0.25) is 10.0 Å². The summed E-state index contributed by atoms with van der Waals surface area (Å²) in [6.07, 6.45) is 2.22. The monoisotopic (exact) mass is 330 g/mol. The van der Waals surface area contributed by atoms with Gasteiger partial charge in [-0.15, -0.1) is 0 Å². The minimum Gasteiger partial charge on any atom is -0.351 e. The van der Waals surface area contributed by atoms with Crippen molar-refractivity contribution in [1.29, 1.82) is 0 Å². The van der Waals surface area contributed by atoms with Crippen LogP contribution >= 0.6 is 0 Å². The first-order valence-electron chi connectivity index (χ1n) is 6.60. The lowest BCUT2D eigenvalue weighted by Crippen LogP contribution is -2.35. The van der Waals surface area contributed by atoms with Crippen molar-refractivity contribution in [3.8, 4) is 0 Å². The lowest BCUT2D eigenvalue weighted by molar-refractivity contribution is 0.0951. The highest BCUT2D eigenvalue weighted by molar-refractivity contribution is 7.89. The van der Waals surface area contributed by atoms with Crippen molar-refractivity contribution in [3.05, 3.63) is 29.8 Å². The van der Waals surface area contributed by atoms with Gasteiger partial charge < -0.3 is 5.32 Å². The fraction of sp³-hybridized carbons (Fsp3) is 0.462. The fourth-order valence-corrected chi connectivity index (χ4v) is 4.18. The molecule has 1 saturated heterocycles. The molecular weight excluding hydrogens is 312 g/mol. The summed E-state index contributed by atoms with van der Waals surface area (Å²) >= 11 is 0. The molecule has 0 spiro atoms. The van der Waals surface area contributed by atoms with Crippen LogP contribution in [-0.2, 0) is 20.8 Å². The standard InChI is InChI=1S/C13H18N2O4S2/c1-20(17)12-5-3-11(4-6-12)13(16)14-7-9-15-8-2-10-21(15,18)19/h3-6H,2,7-10H2,1H3,(H,14,16)/t20-/m1/s1. The number of nitrogens with zero attached hydrogens (tertiary/aromatic N) is 1. The molecule has 0 aromatic heterocycles. The van der Waals surface area contributed by atoms with Crippen molar-refractivity contribution in [2.24, 2.45) is 0 Å². The minimum absolute atomic E-state index is 0.191. The van der Waals surface area contributed by atoms with Crippen molar-refractivity contribution in [1.82, 2.24) is 9.62 Å². The summed E-state index contributed by atoms with van der Waals surface area (Å²) in [4.78, 5) is 12.6. The molecule has 0 bridgehead atoms. The first kappa shape index (κ1) is 16.1. The Kier molecular flexibility index (Phi) is 5.13. The summed E-state index contributed by atoms with van der Waals surface area (Å²) < 4.78 is 35.8. The fourth-order valence-electron chi connectivity index (χ4n) is 2.14. The van der Waals surface area contributed by atoms with E-state index in [0.717, 1.165) is 0 Å². The molecule has 8 heteroatoms. The van der Waals surface area contributed by atoms with E-state index in [1.807, 2.05) is 0 Å². The third kappa shape index (κ3) is 4.12. The number of hydrogen-bond donors (Lipinski definition) is 1. The maximum absolute atomic E-state index is 11.9. The van der Waals surface area contributed by atoms with E-state index in [4.69, 9.17) is 0 Å². The summed E-state index contributed by atoms with van der Waals surface area (Å²) in [6, 6.07) is 6.52. The second kappa shape index (κ2) is 6.67. The molecule has 116 valence electrons. The smallest absolute Gasteiger partial charge is 0.251 e. The summed E-state index contributed by atoms with van der Waals surface area (Å²) in [5.41, 5.74) is 0.466. The summed E-state index contributed by atoms with van der Waals surface area (Å²) in [5.74, 6) is -0.0728. The maximum atomic E-state index is 11.9. The third-order valence-corrected chi connectivity index (χ3v) is 6.19. The molecule has 1 fully saturated rings. The number of carbonyl (C=O) groups is 1. The normalized spacial score (nSPS) is 19.3. The highest BCUT2D eigenvalue weighted by atomic mass is 32.2. The Morgan fingerprint density at radius 2 is 2.00 bits per heavy atom. The molecule has 1 N–H and O–H groups in total. The van der Waals surface area contributed by atoms with E-state index in [1.165, 1.54) is 4.31 Å². The molecule has 1 aliphatic rings. The molecule has 1 aliphatic heterocycles. The molecule has 21 heavy (non-hydrogen) atoms. The lowest BCUT2D eigenvalue weighted by atomic mass is 10.2. The molecule has 1 aromatic rings. The predicted molar refractivity (Wildman–Crippen MR) is 81.1 cm³/mol. The van der Waals surface area contributed by atoms with E-state index in [0.29, 0.717) is 30.0 Å². The molecule has 1 atom stereocenters. The zero-order valence-electron chi connectivity index (χ0n) is 11.7. The topological polar surface area (TPSA) is 83.6 Å². The molecule has 2 rings (SSSR count). The average molecular weight is 330 g/mol. The van der Waals surface area contributed by atoms with Crippen molar-refractivity contribution < 1.29 is 17.4 Å². The molecule has 0 saturated carbocycles. The number of sulfonamides is 1. The van der Waals surface area contributed by atoms with Crippen LogP contribution in [0.25, 0.3) is 0 Å². The van der Waals surface area contributed by atoms with Gasteiger partial charge in [0.1, 0.15) is 0 Å². The van der Waals surface area contributed by atoms with Gasteiger partial charge in [-0.2, -0.15) is 0 Å². The zero-order chi connectivity index (χ0) is 15.5. The minimum atomic E-state index is -3.12. The Labute approximate surface area is 127 Å². The van der Waals surface area contributed by atoms with Crippen LogP contribution in [0.5, 0.6) is 0 Å². The highest BCUT2D eigenvalue weighted by Crippen LogP contribution is 2.12. The van der Waals surface area contributed by atoms with Crippen LogP contribution in [0.2, 0.25) is 0 Å². The number of rotatable bonds is 5. The number of benzene rings is 1. The van der Waals surface area contributed by atoms with Gasteiger partial charge in [-0.05, 0) is 30.7 Å². The van der Waals surface area contributed by atoms with Gasteiger partial charge >= 0.3 is 0 Å². The SMILES string of the molecule is C[S@@](=O)c1ccc(C(=O)NCCN2CCCS2(=O)=O)cc1. The molecule has 0 radical (unpaired) electrons. The highest BCUT2D eigenvalue weighted by Gasteiger charge is 2.27. The van der Waals surface area contributed by atoms with Gasteiger partial charge in [-0.25, -0.2) is 12.7 Å². The van der Waals surface area contributed by atoms with Crippen molar-refractivity contribution in [3.63, 3.8) is 0 Å². The van der Waals surface area contributed by atoms with Gasteiger partial charge in [0.05, 0.1) is 5.75 Å². The molecule has 1 aromatic carbocycles. The molecule has 1 amide bonds. The van der Waals surface area contributed by atoms with E-state index in [1.54, 1.807) is 30.5 Å². The van der Waals surface area contributed by atoms with Crippen LogP contribution < -0.4 is 5.32 Å². The lowest BCUT2D eigenvalue weighted by Gasteiger charge is -2.14. The number of hydrogen-bond acceptors (Lipinski definition) is 4. The zero-order valence-corrected chi connectivity index (χ0v) is 13.4. The van der Waals surface area contributed by atoms with Gasteiger partial charge in [0.15, 0.2) is 0 Å². The predicted octanol–water partition coefficient (Wildman–Crippen LogP) is 0.189. The Balaban J connectivity index is 1.86. The average Bonchev–Trinajstić information content (AvgIpc) is 2.78. The third-order valence-electron chi connectivity index (χ3n) is 3.30. The largest absolute Gasteiger partial charge is 0.351 e. The van der Waals surface area contributed by atoms with Crippen LogP contribution in [-0.4, -0.2) is 54.5 Å². The van der Waals surface area contributed by atoms with Crippen LogP contribution in [0.1, 0.15) is 16.8 Å². The second-order valence-corrected chi connectivity index (χ2v) is 8.27. The van der Waals surface area contributed by atoms with Gasteiger partial charge in [-0.3, -0.25) is 9.00 Å². The van der Waals surface area contributed by atoms with E-state index in [-0.39, 0.29) is 18.2 Å². The second-order valence-electron chi connectivity index (χ2n) is 4.80. The summed E-state index contributed by atoms with van der Waals surface area (Å²) in [5, 5.41) is 2.69. The van der Waals surface area contributed by atoms with Crippen LogP contribution in [0.15, 0.2) is 29.2 Å². The molecule has 1 heterocycles. The van der Waals surface area contributed by atoms with E-state index < -0.39 is 20.8 Å². The van der Waals surface area contributed by atoms with Crippen LogP contribution in [0.3, 0.4) is 0 Å². The van der Waals surface area contributed by atoms with Gasteiger partial charge in [0.25, 0.3) is 5.91 Å². The van der Waals surface area contributed by atoms with Crippen LogP contribution in [0.4, 0.5) is 0 Å². The molecule has 6 nitrogen and oxygen atoms in total. The molecule has 0 unspecified atom stereocenters.